The fraction of sp³-hybridized carbons (Fsp3) is 0.286. The normalized spacial score (nSPS) is 10.8. The van der Waals surface area contributed by atoms with E-state index in [0.717, 1.165) is 26.0 Å². The maximum absolute atomic E-state index is 11.4. The number of hydrogen-bond acceptors (Lipinski definition) is 6. The Bertz CT molecular complexity index is 726. The van der Waals surface area contributed by atoms with Crippen LogP contribution in [0.1, 0.15) is 29.8 Å². The summed E-state index contributed by atoms with van der Waals surface area (Å²) in [4.78, 5) is 55.6. The average molecular weight is 338 g/mol. The van der Waals surface area contributed by atoms with Crippen molar-refractivity contribution in [1.82, 2.24) is 5.32 Å². The van der Waals surface area contributed by atoms with Crippen LogP contribution in [0.25, 0.3) is 0 Å². The van der Waals surface area contributed by atoms with Gasteiger partial charge in [0, 0.05) is 19.4 Å². The molecule has 3 N–H and O–H groups in total. The van der Waals surface area contributed by atoms with Crippen LogP contribution in [0.2, 0.25) is 0 Å². The fourth-order valence-corrected chi connectivity index (χ4v) is 2.14. The van der Waals surface area contributed by atoms with Gasteiger partial charge >= 0.3 is 11.9 Å². The Balaban J connectivity index is 3.43. The number of carboxylic acids is 2. The first-order valence-electron chi connectivity index (χ1n) is 6.55. The van der Waals surface area contributed by atoms with Gasteiger partial charge in [0.15, 0.2) is 5.78 Å². The minimum Gasteiger partial charge on any atom is -0.479 e. The maximum Gasteiger partial charge on any atom is 0.341 e. The molecule has 0 bridgehead atoms. The van der Waals surface area contributed by atoms with E-state index in [1.807, 2.05) is 5.32 Å². The highest BCUT2D eigenvalue weighted by atomic mass is 16.6. The molecule has 0 heterocycles. The predicted octanol–water partition coefficient (Wildman–Crippen LogP) is 0.384. The molecule has 0 saturated heterocycles. The largest absolute Gasteiger partial charge is 0.479 e. The second-order valence-electron chi connectivity index (χ2n) is 5.04. The second kappa shape index (κ2) is 6.86. The van der Waals surface area contributed by atoms with Gasteiger partial charge in [0.1, 0.15) is 0 Å². The lowest BCUT2D eigenvalue weighted by atomic mass is 9.89. The minimum atomic E-state index is -2.68. The number of carbonyl (C=O) groups excluding carboxylic acids is 2. The van der Waals surface area contributed by atoms with Crippen molar-refractivity contribution in [3.05, 3.63) is 39.4 Å². The van der Waals surface area contributed by atoms with Gasteiger partial charge in [0.25, 0.3) is 5.69 Å². The van der Waals surface area contributed by atoms with Crippen molar-refractivity contribution in [2.75, 3.05) is 0 Å². The quantitative estimate of drug-likeness (QED) is 0.278. The molecule has 0 atom stereocenters. The highest BCUT2D eigenvalue weighted by Crippen LogP contribution is 2.24. The number of rotatable bonds is 7. The van der Waals surface area contributed by atoms with Crippen molar-refractivity contribution in [3.63, 3.8) is 0 Å². The summed E-state index contributed by atoms with van der Waals surface area (Å²) in [7, 11) is 0. The third-order valence-corrected chi connectivity index (χ3v) is 3.23. The molecule has 1 amide bonds. The number of nitro groups is 1. The lowest BCUT2D eigenvalue weighted by Gasteiger charge is -2.25. The monoisotopic (exact) mass is 338 g/mol. The molecule has 10 nitrogen and oxygen atoms in total. The Morgan fingerprint density at radius 1 is 1.17 bits per heavy atom. The van der Waals surface area contributed by atoms with Crippen LogP contribution in [0, 0.1) is 10.1 Å². The first-order valence-corrected chi connectivity index (χ1v) is 6.55. The number of Topliss-reactive ketones (excluding diaryl/α,β-unsaturated/α-hetero) is 1. The summed E-state index contributed by atoms with van der Waals surface area (Å²) < 4.78 is 0. The minimum absolute atomic E-state index is 0.0368. The summed E-state index contributed by atoms with van der Waals surface area (Å²) in [5, 5.41) is 31.4. The topological polar surface area (TPSA) is 164 Å². The van der Waals surface area contributed by atoms with Crippen LogP contribution in [0.4, 0.5) is 5.69 Å². The number of hydrogen-bond donors (Lipinski definition) is 3. The van der Waals surface area contributed by atoms with Crippen LogP contribution < -0.4 is 5.32 Å². The number of carboxylic acid groups (broad SMARTS) is 2. The van der Waals surface area contributed by atoms with Crippen LogP contribution in [0.15, 0.2) is 18.2 Å². The molecule has 0 aliphatic carbocycles. The molecule has 0 saturated carbocycles. The highest BCUT2D eigenvalue weighted by molar-refractivity contribution is 6.06. The molecule has 1 rings (SSSR count). The smallest absolute Gasteiger partial charge is 0.341 e. The van der Waals surface area contributed by atoms with Crippen LogP contribution in [0.5, 0.6) is 0 Å². The number of nitrogens with zero attached hydrogens (tertiary/aromatic N) is 1. The number of nitrogens with one attached hydrogen (secondary N) is 1. The van der Waals surface area contributed by atoms with Gasteiger partial charge in [-0.3, -0.25) is 19.7 Å². The van der Waals surface area contributed by atoms with E-state index in [-0.39, 0.29) is 11.1 Å². The van der Waals surface area contributed by atoms with Gasteiger partial charge in [-0.1, -0.05) is 6.07 Å². The van der Waals surface area contributed by atoms with E-state index < -0.39 is 46.2 Å². The number of carbonyl (C=O) groups is 4. The van der Waals surface area contributed by atoms with E-state index in [1.54, 1.807) is 0 Å². The number of aliphatic carboxylic acids is 2. The number of ketones is 1. The third kappa shape index (κ3) is 3.72. The standard InChI is InChI=1S/C14H14N2O8/c1-7(17)10-4-3-9(5-11(10)16(23)24)6-14(12(19)20,13(21)22)15-8(2)18/h3-5H,6H2,1-2H3,(H,15,18)(H,19,20)(H,21,22). The van der Waals surface area contributed by atoms with Gasteiger partial charge in [-0.05, 0) is 18.6 Å². The summed E-state index contributed by atoms with van der Waals surface area (Å²) >= 11 is 0. The van der Waals surface area contributed by atoms with Crippen molar-refractivity contribution in [3.8, 4) is 0 Å². The van der Waals surface area contributed by atoms with Gasteiger partial charge in [-0.15, -0.1) is 0 Å². The van der Waals surface area contributed by atoms with Crippen LogP contribution in [0.3, 0.4) is 0 Å². The SMILES string of the molecule is CC(=O)NC(Cc1ccc(C(C)=O)c([N+](=O)[O-])c1)(C(=O)O)C(=O)O. The van der Waals surface area contributed by atoms with Crippen LogP contribution in [-0.4, -0.2) is 44.3 Å². The Labute approximate surface area is 135 Å². The van der Waals surface area contributed by atoms with Gasteiger partial charge in [-0.25, -0.2) is 9.59 Å². The molecule has 0 radical (unpaired) electrons. The Morgan fingerprint density at radius 2 is 1.71 bits per heavy atom. The molecule has 1 aromatic rings. The molecule has 0 aliphatic rings. The van der Waals surface area contributed by atoms with Gasteiger partial charge in [-0.2, -0.15) is 0 Å². The molecule has 1 aromatic carbocycles. The van der Waals surface area contributed by atoms with Crippen molar-refractivity contribution < 1.29 is 34.3 Å². The van der Waals surface area contributed by atoms with E-state index in [2.05, 4.69) is 0 Å². The molecular formula is C14H14N2O8. The highest BCUT2D eigenvalue weighted by Gasteiger charge is 2.48. The summed E-state index contributed by atoms with van der Waals surface area (Å²) in [6, 6.07) is 3.23. The summed E-state index contributed by atoms with van der Waals surface area (Å²) in [5.41, 5.74) is -3.49. The van der Waals surface area contributed by atoms with Crippen molar-refractivity contribution >= 4 is 29.3 Å². The zero-order valence-corrected chi connectivity index (χ0v) is 12.7. The van der Waals surface area contributed by atoms with E-state index in [9.17, 15) is 39.5 Å². The van der Waals surface area contributed by atoms with E-state index in [4.69, 9.17) is 0 Å². The zero-order valence-electron chi connectivity index (χ0n) is 12.7. The molecule has 24 heavy (non-hydrogen) atoms. The first kappa shape index (κ1) is 18.7. The van der Waals surface area contributed by atoms with E-state index >= 15 is 0 Å². The molecule has 128 valence electrons. The third-order valence-electron chi connectivity index (χ3n) is 3.23. The fourth-order valence-electron chi connectivity index (χ4n) is 2.14. The maximum atomic E-state index is 11.4. The molecule has 0 aliphatic heterocycles. The number of benzene rings is 1. The first-order chi connectivity index (χ1) is 11.0. The molecule has 0 spiro atoms. The summed E-state index contributed by atoms with van der Waals surface area (Å²) in [5.74, 6) is -5.13. The molecule has 0 aromatic heterocycles. The predicted molar refractivity (Wildman–Crippen MR) is 78.6 cm³/mol. The number of amides is 1. The molecule has 0 unspecified atom stereocenters. The van der Waals surface area contributed by atoms with Crippen molar-refractivity contribution in [2.45, 2.75) is 25.8 Å². The van der Waals surface area contributed by atoms with E-state index in [1.165, 1.54) is 6.07 Å². The van der Waals surface area contributed by atoms with Crippen LogP contribution in [-0.2, 0) is 20.8 Å². The van der Waals surface area contributed by atoms with E-state index in [0.29, 0.717) is 0 Å². The Morgan fingerprint density at radius 3 is 2.08 bits per heavy atom. The van der Waals surface area contributed by atoms with Crippen molar-refractivity contribution in [2.24, 2.45) is 0 Å². The molecule has 10 heteroatoms. The number of nitro benzene ring substituents is 1. The summed E-state index contributed by atoms with van der Waals surface area (Å²) in [6.45, 7) is 2.07. The van der Waals surface area contributed by atoms with Crippen LogP contribution >= 0.6 is 0 Å². The lowest BCUT2D eigenvalue weighted by Crippen LogP contribution is -2.61. The summed E-state index contributed by atoms with van der Waals surface area (Å²) in [6.07, 6.45) is -0.740. The van der Waals surface area contributed by atoms with Crippen molar-refractivity contribution in [1.29, 1.82) is 0 Å². The molecular weight excluding hydrogens is 324 g/mol. The van der Waals surface area contributed by atoms with Gasteiger partial charge in [0.2, 0.25) is 11.4 Å². The van der Waals surface area contributed by atoms with Gasteiger partial charge < -0.3 is 15.5 Å². The Hall–Kier alpha value is -3.30. The lowest BCUT2D eigenvalue weighted by molar-refractivity contribution is -0.385. The molecule has 0 fully saturated rings. The zero-order chi connectivity index (χ0) is 18.7. The second-order valence-corrected chi connectivity index (χ2v) is 5.04. The van der Waals surface area contributed by atoms with Gasteiger partial charge in [0.05, 0.1) is 10.5 Å². The Kier molecular flexibility index (Phi) is 5.36. The average Bonchev–Trinajstić information content (AvgIpc) is 2.44.